The Hall–Kier alpha value is 0.610. The van der Waals surface area contributed by atoms with E-state index in [1.54, 1.807) is 0 Å². The van der Waals surface area contributed by atoms with Crippen LogP contribution in [0.15, 0.2) is 12.2 Å². The molecule has 0 amide bonds. The SMILES string of the molecule is CCCCCCCCCCCCCCCCCC/C=C/C(CCCCCCCCCCCCCCCCCCC)COS(=O)(=O)[O-].[Na+]. The maximum absolute atomic E-state index is 11.0. The minimum Gasteiger partial charge on any atom is -0.726 e. The Bertz CT molecular complexity index is 712. The standard InChI is InChI=1S/C41H82O4S.Na/c1-3-5-7-9-11-13-15-17-19-21-23-25-27-29-31-33-35-37-39-41(40-45-46(42,43)44)38-36-34-32-30-28-26-24-22-20-18-16-14-12-10-8-6-4-2;/h37,39,41H,3-36,38,40H2,1-2H3,(H,42,43,44);/q;+1/p-1/b39-37+;. The summed E-state index contributed by atoms with van der Waals surface area (Å²) in [5.41, 5.74) is 0. The van der Waals surface area contributed by atoms with E-state index >= 15 is 0 Å². The topological polar surface area (TPSA) is 66.4 Å². The van der Waals surface area contributed by atoms with Crippen molar-refractivity contribution in [3.05, 3.63) is 12.2 Å². The van der Waals surface area contributed by atoms with Gasteiger partial charge in [0.25, 0.3) is 0 Å². The Labute approximate surface area is 318 Å². The second kappa shape index (κ2) is 41.0. The summed E-state index contributed by atoms with van der Waals surface area (Å²) >= 11 is 0. The summed E-state index contributed by atoms with van der Waals surface area (Å²) in [5, 5.41) is 0. The van der Waals surface area contributed by atoms with Crippen LogP contribution in [0.25, 0.3) is 0 Å². The van der Waals surface area contributed by atoms with Crippen LogP contribution in [0, 0.1) is 5.92 Å². The molecule has 0 rings (SSSR count). The third kappa shape index (κ3) is 44.6. The molecule has 4 nitrogen and oxygen atoms in total. The second-order valence-corrected chi connectivity index (χ2v) is 15.5. The minimum atomic E-state index is -4.63. The van der Waals surface area contributed by atoms with Crippen LogP contribution >= 0.6 is 0 Å². The van der Waals surface area contributed by atoms with Gasteiger partial charge in [-0.15, -0.1) is 0 Å². The van der Waals surface area contributed by atoms with E-state index in [1.807, 2.05) is 0 Å². The van der Waals surface area contributed by atoms with Crippen molar-refractivity contribution in [3.8, 4) is 0 Å². The molecular weight excluding hydrogens is 612 g/mol. The van der Waals surface area contributed by atoms with Gasteiger partial charge in [-0.3, -0.25) is 4.18 Å². The first-order valence-corrected chi connectivity index (χ1v) is 22.1. The maximum atomic E-state index is 11.0. The smallest absolute Gasteiger partial charge is 0.726 e. The third-order valence-corrected chi connectivity index (χ3v) is 10.2. The van der Waals surface area contributed by atoms with Gasteiger partial charge < -0.3 is 4.55 Å². The first-order chi connectivity index (χ1) is 22.5. The van der Waals surface area contributed by atoms with E-state index in [-0.39, 0.29) is 42.1 Å². The van der Waals surface area contributed by atoms with Crippen molar-refractivity contribution in [3.63, 3.8) is 0 Å². The van der Waals surface area contributed by atoms with Crippen molar-refractivity contribution >= 4 is 10.4 Å². The molecule has 0 aliphatic rings. The molecule has 0 fully saturated rings. The zero-order valence-electron chi connectivity index (χ0n) is 32.2. The normalized spacial score (nSPS) is 12.6. The molecular formula is C41H81NaO4S. The molecule has 0 heterocycles. The average Bonchev–Trinajstić information content (AvgIpc) is 3.03. The van der Waals surface area contributed by atoms with Crippen molar-refractivity contribution in [2.75, 3.05) is 6.61 Å². The van der Waals surface area contributed by atoms with Crippen LogP contribution in [0.5, 0.6) is 0 Å². The van der Waals surface area contributed by atoms with Gasteiger partial charge in [-0.25, -0.2) is 8.42 Å². The van der Waals surface area contributed by atoms with Crippen LogP contribution in [-0.2, 0) is 14.6 Å². The van der Waals surface area contributed by atoms with E-state index in [1.165, 1.54) is 205 Å². The summed E-state index contributed by atoms with van der Waals surface area (Å²) in [6.07, 6.45) is 51.2. The number of hydrogen-bond donors (Lipinski definition) is 0. The Morgan fingerprint density at radius 3 is 1.04 bits per heavy atom. The van der Waals surface area contributed by atoms with Crippen LogP contribution in [0.1, 0.15) is 239 Å². The van der Waals surface area contributed by atoms with Crippen molar-refractivity contribution < 1.29 is 46.7 Å². The molecule has 0 saturated heterocycles. The number of hydrogen-bond acceptors (Lipinski definition) is 4. The first-order valence-electron chi connectivity index (χ1n) is 20.8. The Balaban J connectivity index is 0. The fraction of sp³-hybridized carbons (Fsp3) is 0.951. The molecule has 0 aromatic rings. The molecule has 0 radical (unpaired) electrons. The molecule has 0 aromatic carbocycles. The predicted molar refractivity (Wildman–Crippen MR) is 201 cm³/mol. The largest absolute Gasteiger partial charge is 1.00 e. The predicted octanol–water partition coefficient (Wildman–Crippen LogP) is 11.3. The quantitative estimate of drug-likeness (QED) is 0.0211. The van der Waals surface area contributed by atoms with Gasteiger partial charge in [0, 0.05) is 5.92 Å². The fourth-order valence-corrected chi connectivity index (χ4v) is 6.98. The van der Waals surface area contributed by atoms with Gasteiger partial charge in [0.15, 0.2) is 0 Å². The molecule has 276 valence electrons. The molecule has 0 aliphatic carbocycles. The van der Waals surface area contributed by atoms with Crippen LogP contribution in [0.2, 0.25) is 0 Å². The van der Waals surface area contributed by atoms with Crippen molar-refractivity contribution in [1.82, 2.24) is 0 Å². The summed E-state index contributed by atoms with van der Waals surface area (Å²) in [4.78, 5) is 0. The number of rotatable bonds is 39. The van der Waals surface area contributed by atoms with Gasteiger partial charge in [0.1, 0.15) is 0 Å². The van der Waals surface area contributed by atoms with Crippen molar-refractivity contribution in [2.24, 2.45) is 5.92 Å². The molecule has 0 spiro atoms. The molecule has 1 atom stereocenters. The molecule has 0 N–H and O–H groups in total. The third-order valence-electron chi connectivity index (χ3n) is 9.74. The van der Waals surface area contributed by atoms with E-state index in [0.29, 0.717) is 0 Å². The zero-order chi connectivity index (χ0) is 33.7. The van der Waals surface area contributed by atoms with Gasteiger partial charge in [-0.05, 0) is 19.3 Å². The maximum Gasteiger partial charge on any atom is 1.00 e. The average molecular weight is 693 g/mol. The summed E-state index contributed by atoms with van der Waals surface area (Å²) in [5.74, 6) is 0.0149. The van der Waals surface area contributed by atoms with E-state index < -0.39 is 10.4 Å². The van der Waals surface area contributed by atoms with Crippen molar-refractivity contribution in [2.45, 2.75) is 239 Å². The summed E-state index contributed by atoms with van der Waals surface area (Å²) in [7, 11) is -4.63. The van der Waals surface area contributed by atoms with Crippen molar-refractivity contribution in [1.29, 1.82) is 0 Å². The Kier molecular flexibility index (Phi) is 43.4. The van der Waals surface area contributed by atoms with Crippen LogP contribution in [0.4, 0.5) is 0 Å². The van der Waals surface area contributed by atoms with Gasteiger partial charge in [0.2, 0.25) is 10.4 Å². The molecule has 47 heavy (non-hydrogen) atoms. The molecule has 0 aromatic heterocycles. The monoisotopic (exact) mass is 693 g/mol. The summed E-state index contributed by atoms with van der Waals surface area (Å²) < 4.78 is 37.7. The summed E-state index contributed by atoms with van der Waals surface area (Å²) in [6.45, 7) is 4.55. The zero-order valence-corrected chi connectivity index (χ0v) is 35.0. The number of allylic oxidation sites excluding steroid dienone is 1. The molecule has 6 heteroatoms. The molecule has 0 saturated carbocycles. The van der Waals surface area contributed by atoms with Crippen LogP contribution < -0.4 is 29.6 Å². The van der Waals surface area contributed by atoms with Crippen LogP contribution in [0.3, 0.4) is 0 Å². The molecule has 0 bridgehead atoms. The van der Waals surface area contributed by atoms with Gasteiger partial charge >= 0.3 is 29.6 Å². The van der Waals surface area contributed by atoms with E-state index in [2.05, 4.69) is 30.2 Å². The van der Waals surface area contributed by atoms with E-state index in [9.17, 15) is 13.0 Å². The minimum absolute atomic E-state index is 0. The van der Waals surface area contributed by atoms with E-state index in [0.717, 1.165) is 19.3 Å². The summed E-state index contributed by atoms with van der Waals surface area (Å²) in [6, 6.07) is 0. The Morgan fingerprint density at radius 1 is 0.468 bits per heavy atom. The number of unbranched alkanes of at least 4 members (excludes halogenated alkanes) is 32. The molecule has 1 unspecified atom stereocenters. The van der Waals surface area contributed by atoms with Gasteiger partial charge in [-0.1, -0.05) is 231 Å². The fourth-order valence-electron chi connectivity index (χ4n) is 6.64. The second-order valence-electron chi connectivity index (χ2n) is 14.4. The van der Waals surface area contributed by atoms with Crippen LogP contribution in [-0.4, -0.2) is 19.6 Å². The van der Waals surface area contributed by atoms with Gasteiger partial charge in [-0.2, -0.15) is 0 Å². The van der Waals surface area contributed by atoms with E-state index in [4.69, 9.17) is 0 Å². The first kappa shape index (κ1) is 49.7. The Morgan fingerprint density at radius 2 is 0.745 bits per heavy atom. The molecule has 0 aliphatic heterocycles. The van der Waals surface area contributed by atoms with Gasteiger partial charge in [0.05, 0.1) is 6.61 Å².